The van der Waals surface area contributed by atoms with E-state index in [0.717, 1.165) is 29.3 Å². The molecule has 2 aromatic carbocycles. The Bertz CT molecular complexity index is 945. The summed E-state index contributed by atoms with van der Waals surface area (Å²) < 4.78 is 6.27. The van der Waals surface area contributed by atoms with Gasteiger partial charge >= 0.3 is 6.03 Å². The number of hydrogen-bond acceptors (Lipinski definition) is 3. The molecule has 0 unspecified atom stereocenters. The number of rotatable bonds is 3. The van der Waals surface area contributed by atoms with Crippen molar-refractivity contribution in [1.82, 2.24) is 10.2 Å². The second kappa shape index (κ2) is 9.37. The van der Waals surface area contributed by atoms with Crippen LogP contribution in [-0.4, -0.2) is 42.6 Å². The number of fused-ring (bicyclic) bond motifs is 1. The predicted molar refractivity (Wildman–Crippen MR) is 120 cm³/mol. The van der Waals surface area contributed by atoms with Gasteiger partial charge in [0.2, 0.25) is 0 Å². The quantitative estimate of drug-likeness (QED) is 0.658. The van der Waals surface area contributed by atoms with Crippen molar-refractivity contribution >= 4 is 45.2 Å². The molecule has 1 fully saturated rings. The first-order valence-corrected chi connectivity index (χ1v) is 11.2. The van der Waals surface area contributed by atoms with E-state index in [0.29, 0.717) is 42.6 Å². The van der Waals surface area contributed by atoms with E-state index in [-0.39, 0.29) is 18.0 Å². The molecule has 2 N–H and O–H groups in total. The number of ether oxygens (including phenoxy) is 1. The minimum Gasteiger partial charge on any atom is -0.381 e. The molecule has 2 heterocycles. The summed E-state index contributed by atoms with van der Waals surface area (Å²) in [5.41, 5.74) is 3.37. The largest absolute Gasteiger partial charge is 0.381 e. The molecular formula is C22H23BrClN3O3. The van der Waals surface area contributed by atoms with Crippen LogP contribution in [0.15, 0.2) is 40.9 Å². The molecule has 2 aliphatic heterocycles. The van der Waals surface area contributed by atoms with Gasteiger partial charge in [0.1, 0.15) is 0 Å². The Morgan fingerprint density at radius 2 is 1.87 bits per heavy atom. The number of nitrogens with zero attached hydrogens (tertiary/aromatic N) is 1. The molecule has 158 valence electrons. The van der Waals surface area contributed by atoms with Crippen LogP contribution in [0.2, 0.25) is 5.02 Å². The molecule has 8 heteroatoms. The monoisotopic (exact) mass is 491 g/mol. The molecule has 6 nitrogen and oxygen atoms in total. The average molecular weight is 493 g/mol. The molecule has 0 saturated carbocycles. The van der Waals surface area contributed by atoms with Gasteiger partial charge in [-0.1, -0.05) is 27.5 Å². The van der Waals surface area contributed by atoms with E-state index >= 15 is 0 Å². The standard InChI is InChI=1S/C22H23BrClN3O3/c23-16-11-15-5-8-27(13-19(15)20(24)12-16)22(29)26-17-3-1-14(2-4-17)21(28)25-18-6-9-30-10-7-18/h1-4,11-12,18H,5-10,13H2,(H,25,28)(H,26,29). The van der Waals surface area contributed by atoms with E-state index in [1.54, 1.807) is 29.2 Å². The average Bonchev–Trinajstić information content (AvgIpc) is 2.74. The molecule has 4 rings (SSSR count). The van der Waals surface area contributed by atoms with Gasteiger partial charge in [-0.05, 0) is 66.8 Å². The van der Waals surface area contributed by atoms with Crippen LogP contribution >= 0.6 is 27.5 Å². The predicted octanol–water partition coefficient (Wildman–Crippen LogP) is 4.60. The molecule has 2 aliphatic rings. The molecule has 0 spiro atoms. The second-order valence-electron chi connectivity index (χ2n) is 7.56. The van der Waals surface area contributed by atoms with Crippen LogP contribution in [0.3, 0.4) is 0 Å². The first-order valence-electron chi connectivity index (χ1n) is 10.0. The van der Waals surface area contributed by atoms with Crippen molar-refractivity contribution in [3.63, 3.8) is 0 Å². The van der Waals surface area contributed by atoms with Crippen LogP contribution in [0.1, 0.15) is 34.3 Å². The molecule has 3 amide bonds. The fraction of sp³-hybridized carbons (Fsp3) is 0.364. The summed E-state index contributed by atoms with van der Waals surface area (Å²) in [6.07, 6.45) is 2.42. The Morgan fingerprint density at radius 1 is 1.13 bits per heavy atom. The van der Waals surface area contributed by atoms with E-state index in [1.165, 1.54) is 5.56 Å². The van der Waals surface area contributed by atoms with Crippen LogP contribution in [0.25, 0.3) is 0 Å². The number of urea groups is 1. The van der Waals surface area contributed by atoms with Crippen molar-refractivity contribution in [3.05, 3.63) is 62.6 Å². The molecule has 0 bridgehead atoms. The summed E-state index contributed by atoms with van der Waals surface area (Å²) in [5.74, 6) is -0.104. The first-order chi connectivity index (χ1) is 14.5. The summed E-state index contributed by atoms with van der Waals surface area (Å²) in [5, 5.41) is 6.61. The summed E-state index contributed by atoms with van der Waals surface area (Å²) >= 11 is 9.82. The Balaban J connectivity index is 1.35. The maximum Gasteiger partial charge on any atom is 0.322 e. The highest BCUT2D eigenvalue weighted by Crippen LogP contribution is 2.30. The smallest absolute Gasteiger partial charge is 0.322 e. The summed E-state index contributed by atoms with van der Waals surface area (Å²) in [4.78, 5) is 26.9. The van der Waals surface area contributed by atoms with Gasteiger partial charge in [-0.15, -0.1) is 0 Å². The Morgan fingerprint density at radius 3 is 2.60 bits per heavy atom. The Hall–Kier alpha value is -2.09. The van der Waals surface area contributed by atoms with Gasteiger partial charge in [0.25, 0.3) is 5.91 Å². The van der Waals surface area contributed by atoms with Crippen molar-refractivity contribution in [3.8, 4) is 0 Å². The number of halogens is 2. The molecule has 2 aromatic rings. The van der Waals surface area contributed by atoms with Crippen molar-refractivity contribution in [1.29, 1.82) is 0 Å². The normalized spacial score (nSPS) is 16.7. The SMILES string of the molecule is O=C(NC1CCOCC1)c1ccc(NC(=O)N2CCc3cc(Br)cc(Cl)c3C2)cc1. The number of hydrogen-bond donors (Lipinski definition) is 2. The highest BCUT2D eigenvalue weighted by atomic mass is 79.9. The van der Waals surface area contributed by atoms with Crippen LogP contribution < -0.4 is 10.6 Å². The van der Waals surface area contributed by atoms with Crippen LogP contribution in [0, 0.1) is 0 Å². The zero-order valence-electron chi connectivity index (χ0n) is 16.4. The summed E-state index contributed by atoms with van der Waals surface area (Å²) in [7, 11) is 0. The number of carbonyl (C=O) groups excluding carboxylic acids is 2. The molecular weight excluding hydrogens is 470 g/mol. The Kier molecular flexibility index (Phi) is 6.61. The van der Waals surface area contributed by atoms with E-state index in [2.05, 4.69) is 32.6 Å². The van der Waals surface area contributed by atoms with E-state index in [9.17, 15) is 9.59 Å². The van der Waals surface area contributed by atoms with Crippen molar-refractivity contribution in [2.45, 2.75) is 31.8 Å². The molecule has 0 radical (unpaired) electrons. The minimum absolute atomic E-state index is 0.104. The van der Waals surface area contributed by atoms with Crippen LogP contribution in [-0.2, 0) is 17.7 Å². The maximum atomic E-state index is 12.7. The van der Waals surface area contributed by atoms with Gasteiger partial charge in [-0.25, -0.2) is 4.79 Å². The van der Waals surface area contributed by atoms with E-state index in [4.69, 9.17) is 16.3 Å². The third kappa shape index (κ3) is 4.96. The third-order valence-electron chi connectivity index (χ3n) is 5.49. The van der Waals surface area contributed by atoms with Crippen LogP contribution in [0.5, 0.6) is 0 Å². The third-order valence-corrected chi connectivity index (χ3v) is 6.29. The lowest BCUT2D eigenvalue weighted by molar-refractivity contribution is 0.0696. The van der Waals surface area contributed by atoms with Gasteiger partial charge in [-0.2, -0.15) is 0 Å². The molecule has 0 aliphatic carbocycles. The van der Waals surface area contributed by atoms with E-state index in [1.807, 2.05) is 6.07 Å². The fourth-order valence-electron chi connectivity index (χ4n) is 3.77. The highest BCUT2D eigenvalue weighted by Gasteiger charge is 2.23. The lowest BCUT2D eigenvalue weighted by Gasteiger charge is -2.29. The number of nitrogens with one attached hydrogen (secondary N) is 2. The minimum atomic E-state index is -0.181. The van der Waals surface area contributed by atoms with Crippen LogP contribution in [0.4, 0.5) is 10.5 Å². The molecule has 0 aromatic heterocycles. The maximum absolute atomic E-state index is 12.7. The lowest BCUT2D eigenvalue weighted by atomic mass is 10.00. The van der Waals surface area contributed by atoms with Gasteiger partial charge in [0, 0.05) is 53.1 Å². The summed E-state index contributed by atoms with van der Waals surface area (Å²) in [6.45, 7) is 2.45. The summed E-state index contributed by atoms with van der Waals surface area (Å²) in [6, 6.07) is 10.8. The Labute approximate surface area is 189 Å². The number of benzene rings is 2. The van der Waals surface area contributed by atoms with Gasteiger partial charge in [0.05, 0.1) is 0 Å². The van der Waals surface area contributed by atoms with Gasteiger partial charge < -0.3 is 20.3 Å². The van der Waals surface area contributed by atoms with E-state index < -0.39 is 0 Å². The molecule has 0 atom stereocenters. The number of carbonyl (C=O) groups is 2. The van der Waals surface area contributed by atoms with Crippen molar-refractivity contribution in [2.24, 2.45) is 0 Å². The fourth-order valence-corrected chi connectivity index (χ4v) is 4.71. The number of amides is 3. The topological polar surface area (TPSA) is 70.7 Å². The second-order valence-corrected chi connectivity index (χ2v) is 8.89. The lowest BCUT2D eigenvalue weighted by Crippen LogP contribution is -2.39. The van der Waals surface area contributed by atoms with Gasteiger partial charge in [0.15, 0.2) is 0 Å². The molecule has 1 saturated heterocycles. The number of anilines is 1. The zero-order valence-corrected chi connectivity index (χ0v) is 18.8. The van der Waals surface area contributed by atoms with Crippen molar-refractivity contribution < 1.29 is 14.3 Å². The first kappa shape index (κ1) is 21.2. The van der Waals surface area contributed by atoms with Crippen molar-refractivity contribution in [2.75, 3.05) is 25.1 Å². The van der Waals surface area contributed by atoms with Gasteiger partial charge in [-0.3, -0.25) is 4.79 Å². The molecule has 30 heavy (non-hydrogen) atoms. The zero-order chi connectivity index (χ0) is 21.1. The highest BCUT2D eigenvalue weighted by molar-refractivity contribution is 9.10.